The number of nitrogens with zero attached hydrogens (tertiary/aromatic N) is 3. The third-order valence-electron chi connectivity index (χ3n) is 6.11. The molecular weight excluding hydrogens is 409 g/mol. The molecule has 32 heavy (non-hydrogen) atoms. The molecular formula is C23H34FN7O. The Balaban J connectivity index is 1.73. The summed E-state index contributed by atoms with van der Waals surface area (Å²) in [4.78, 5) is 22.6. The molecule has 1 aromatic heterocycles. The van der Waals surface area contributed by atoms with Crippen LogP contribution in [0.1, 0.15) is 47.5 Å². The Hall–Kier alpha value is -2.94. The molecule has 3 rings (SSSR count). The van der Waals surface area contributed by atoms with Crippen molar-refractivity contribution < 1.29 is 9.18 Å². The minimum absolute atomic E-state index is 0.0263. The van der Waals surface area contributed by atoms with Crippen molar-refractivity contribution in [3.05, 3.63) is 36.3 Å². The van der Waals surface area contributed by atoms with Crippen LogP contribution in [0.4, 0.5) is 32.3 Å². The van der Waals surface area contributed by atoms with Crippen LogP contribution in [0.5, 0.6) is 0 Å². The summed E-state index contributed by atoms with van der Waals surface area (Å²) in [5.41, 5.74) is 1.25. The van der Waals surface area contributed by atoms with Gasteiger partial charge in [0.1, 0.15) is 0 Å². The van der Waals surface area contributed by atoms with Crippen molar-refractivity contribution in [3.8, 4) is 0 Å². The van der Waals surface area contributed by atoms with Gasteiger partial charge in [0.15, 0.2) is 11.6 Å². The van der Waals surface area contributed by atoms with Crippen molar-refractivity contribution in [2.24, 2.45) is 0 Å². The van der Waals surface area contributed by atoms with Crippen LogP contribution < -0.4 is 21.3 Å². The van der Waals surface area contributed by atoms with Crippen LogP contribution >= 0.6 is 0 Å². The van der Waals surface area contributed by atoms with E-state index in [2.05, 4.69) is 70.9 Å². The largest absolute Gasteiger partial charge is 0.365 e. The molecule has 2 amide bonds. The molecule has 0 aliphatic carbocycles. The van der Waals surface area contributed by atoms with Crippen molar-refractivity contribution in [1.82, 2.24) is 20.2 Å². The van der Waals surface area contributed by atoms with E-state index in [-0.39, 0.29) is 34.9 Å². The zero-order valence-electron chi connectivity index (χ0n) is 19.7. The monoisotopic (exact) mass is 443 g/mol. The molecule has 0 unspecified atom stereocenters. The number of urea groups is 1. The van der Waals surface area contributed by atoms with Gasteiger partial charge in [0, 0.05) is 35.0 Å². The molecule has 1 saturated heterocycles. The average molecular weight is 444 g/mol. The normalized spacial score (nSPS) is 18.1. The van der Waals surface area contributed by atoms with E-state index < -0.39 is 5.82 Å². The van der Waals surface area contributed by atoms with E-state index in [9.17, 15) is 9.18 Å². The van der Waals surface area contributed by atoms with Crippen molar-refractivity contribution in [2.75, 3.05) is 29.5 Å². The first kappa shape index (κ1) is 23.7. The number of aromatic nitrogens is 2. The Morgan fingerprint density at radius 2 is 1.84 bits per heavy atom. The lowest BCUT2D eigenvalue weighted by Gasteiger charge is -2.53. The van der Waals surface area contributed by atoms with Gasteiger partial charge in [0.2, 0.25) is 5.95 Å². The summed E-state index contributed by atoms with van der Waals surface area (Å²) in [6.45, 7) is 11.2. The summed E-state index contributed by atoms with van der Waals surface area (Å²) in [5, 5.41) is 11.8. The molecule has 0 radical (unpaired) electrons. The SMILES string of the molecule is CCNC(=O)Nc1cccc(Nc2ncc(F)c(NC3CC(C)(C)N(C)C(C)(C)C3)n2)c1. The Labute approximate surface area is 189 Å². The molecule has 174 valence electrons. The number of halogens is 1. The molecule has 8 nitrogen and oxygen atoms in total. The van der Waals surface area contributed by atoms with Crippen molar-refractivity contribution in [2.45, 2.75) is 64.6 Å². The minimum Gasteiger partial charge on any atom is -0.365 e. The standard InChI is InChI=1S/C23H34FN7O/c1-7-25-21(32)29-16-10-8-9-15(11-16)28-20-26-14-18(24)19(30-20)27-17-12-22(2,3)31(6)23(4,5)13-17/h8-11,14,17H,7,12-13H2,1-6H3,(H2,25,29,32)(H2,26,27,28,30). The number of hydrogen-bond acceptors (Lipinski definition) is 6. The van der Waals surface area contributed by atoms with Crippen molar-refractivity contribution >= 4 is 29.2 Å². The van der Waals surface area contributed by atoms with Gasteiger partial charge in [-0.3, -0.25) is 4.90 Å². The van der Waals surface area contributed by atoms with Crippen LogP contribution in [-0.4, -0.2) is 51.6 Å². The van der Waals surface area contributed by atoms with Gasteiger partial charge in [0.25, 0.3) is 0 Å². The summed E-state index contributed by atoms with van der Waals surface area (Å²) in [6.07, 6.45) is 2.90. The molecule has 0 bridgehead atoms. The lowest BCUT2D eigenvalue weighted by molar-refractivity contribution is -0.00778. The Morgan fingerprint density at radius 3 is 2.50 bits per heavy atom. The van der Waals surface area contributed by atoms with Crippen molar-refractivity contribution in [1.29, 1.82) is 0 Å². The number of hydrogen-bond donors (Lipinski definition) is 4. The summed E-state index contributed by atoms with van der Waals surface area (Å²) in [6, 6.07) is 6.97. The number of likely N-dealkylation sites (tertiary alicyclic amines) is 1. The lowest BCUT2D eigenvalue weighted by atomic mass is 9.77. The molecule has 4 N–H and O–H groups in total. The van der Waals surface area contributed by atoms with E-state index in [4.69, 9.17) is 0 Å². The van der Waals surface area contributed by atoms with Gasteiger partial charge in [-0.2, -0.15) is 4.98 Å². The Kier molecular flexibility index (Phi) is 6.88. The first-order valence-electron chi connectivity index (χ1n) is 10.9. The van der Waals surface area contributed by atoms with Gasteiger partial charge in [0.05, 0.1) is 6.20 Å². The van der Waals surface area contributed by atoms with Crippen molar-refractivity contribution in [3.63, 3.8) is 0 Å². The number of nitrogens with one attached hydrogen (secondary N) is 4. The second-order valence-corrected chi connectivity index (χ2v) is 9.51. The first-order chi connectivity index (χ1) is 15.0. The van der Waals surface area contributed by atoms with Gasteiger partial charge < -0.3 is 21.3 Å². The van der Waals surface area contributed by atoms with E-state index in [1.165, 1.54) is 6.20 Å². The van der Waals surface area contributed by atoms with Crippen LogP contribution in [0, 0.1) is 5.82 Å². The molecule has 0 spiro atoms. The van der Waals surface area contributed by atoms with E-state index in [0.717, 1.165) is 12.8 Å². The highest BCUT2D eigenvalue weighted by Gasteiger charge is 2.43. The van der Waals surface area contributed by atoms with E-state index in [0.29, 0.717) is 17.9 Å². The fourth-order valence-corrected chi connectivity index (χ4v) is 4.33. The number of piperidine rings is 1. The predicted octanol–water partition coefficient (Wildman–Crippen LogP) is 4.56. The molecule has 1 aromatic carbocycles. The molecule has 0 atom stereocenters. The zero-order valence-corrected chi connectivity index (χ0v) is 19.7. The summed E-state index contributed by atoms with van der Waals surface area (Å²) < 4.78 is 14.5. The number of rotatable bonds is 6. The van der Waals surface area contributed by atoms with Gasteiger partial charge in [-0.15, -0.1) is 0 Å². The number of carbonyl (C=O) groups excluding carboxylic acids is 1. The minimum atomic E-state index is -0.489. The number of carbonyl (C=O) groups is 1. The van der Waals surface area contributed by atoms with Crippen LogP contribution in [0.2, 0.25) is 0 Å². The van der Waals surface area contributed by atoms with E-state index in [1.807, 2.05) is 13.0 Å². The number of benzene rings is 1. The fourth-order valence-electron chi connectivity index (χ4n) is 4.33. The molecule has 2 heterocycles. The molecule has 1 aliphatic heterocycles. The van der Waals surface area contributed by atoms with Crippen LogP contribution in [0.3, 0.4) is 0 Å². The quantitative estimate of drug-likeness (QED) is 0.523. The number of anilines is 4. The van der Waals surface area contributed by atoms with E-state index in [1.54, 1.807) is 18.2 Å². The fraction of sp³-hybridized carbons (Fsp3) is 0.522. The smallest absolute Gasteiger partial charge is 0.319 e. The predicted molar refractivity (Wildman–Crippen MR) is 127 cm³/mol. The maximum Gasteiger partial charge on any atom is 0.319 e. The Bertz CT molecular complexity index is 945. The topological polar surface area (TPSA) is 94.2 Å². The van der Waals surface area contributed by atoms with Crippen LogP contribution in [0.25, 0.3) is 0 Å². The van der Waals surface area contributed by atoms with Gasteiger partial charge in [-0.25, -0.2) is 14.2 Å². The summed E-state index contributed by atoms with van der Waals surface area (Å²) in [7, 11) is 2.14. The summed E-state index contributed by atoms with van der Waals surface area (Å²) in [5.74, 6) is -0.0347. The van der Waals surface area contributed by atoms with E-state index >= 15 is 0 Å². The second-order valence-electron chi connectivity index (χ2n) is 9.51. The van der Waals surface area contributed by atoms with Gasteiger partial charge in [-0.05, 0) is 72.7 Å². The molecule has 1 aliphatic rings. The highest BCUT2D eigenvalue weighted by atomic mass is 19.1. The Morgan fingerprint density at radius 1 is 1.19 bits per heavy atom. The van der Waals surface area contributed by atoms with Crippen LogP contribution in [-0.2, 0) is 0 Å². The maximum absolute atomic E-state index is 14.5. The molecule has 1 fully saturated rings. The lowest BCUT2D eigenvalue weighted by Crippen LogP contribution is -2.61. The average Bonchev–Trinajstić information content (AvgIpc) is 2.69. The van der Waals surface area contributed by atoms with Gasteiger partial charge >= 0.3 is 6.03 Å². The molecule has 9 heteroatoms. The molecule has 2 aromatic rings. The second kappa shape index (κ2) is 9.28. The number of amides is 2. The van der Waals surface area contributed by atoms with Gasteiger partial charge in [-0.1, -0.05) is 6.07 Å². The third kappa shape index (κ3) is 5.64. The van der Waals surface area contributed by atoms with Crippen LogP contribution in [0.15, 0.2) is 30.5 Å². The highest BCUT2D eigenvalue weighted by molar-refractivity contribution is 5.89. The summed E-state index contributed by atoms with van der Waals surface area (Å²) >= 11 is 0. The molecule has 0 saturated carbocycles. The zero-order chi connectivity index (χ0) is 23.5. The third-order valence-corrected chi connectivity index (χ3v) is 6.11. The highest BCUT2D eigenvalue weighted by Crippen LogP contribution is 2.38. The maximum atomic E-state index is 14.5. The first-order valence-corrected chi connectivity index (χ1v) is 10.9.